The number of aromatic nitrogens is 2. The van der Waals surface area contributed by atoms with Crippen LogP contribution in [0.1, 0.15) is 11.4 Å². The molecule has 0 aliphatic heterocycles. The van der Waals surface area contributed by atoms with Gasteiger partial charge in [-0.25, -0.2) is 4.98 Å². The summed E-state index contributed by atoms with van der Waals surface area (Å²) in [6.07, 6.45) is 0. The molecule has 1 heterocycles. The van der Waals surface area contributed by atoms with Crippen LogP contribution < -0.4 is 0 Å². The minimum Gasteiger partial charge on any atom is -0.295 e. The van der Waals surface area contributed by atoms with Gasteiger partial charge in [-0.1, -0.05) is 29.3 Å². The summed E-state index contributed by atoms with van der Waals surface area (Å²) in [6.45, 7) is 1.97. The van der Waals surface area contributed by atoms with E-state index < -0.39 is 0 Å². The van der Waals surface area contributed by atoms with Gasteiger partial charge in [0.2, 0.25) is 0 Å². The first-order valence-electron chi connectivity index (χ1n) is 6.09. The third-order valence-corrected chi connectivity index (χ3v) is 4.10. The minimum atomic E-state index is 0.317. The van der Waals surface area contributed by atoms with Crippen LogP contribution in [0.4, 0.5) is 0 Å². The molecule has 5 heteroatoms. The Labute approximate surface area is 131 Å². The van der Waals surface area contributed by atoms with Crippen LogP contribution in [-0.4, -0.2) is 9.55 Å². The van der Waals surface area contributed by atoms with Crippen LogP contribution >= 0.6 is 34.8 Å². The molecule has 0 aliphatic rings. The van der Waals surface area contributed by atoms with Crippen LogP contribution in [0.15, 0.2) is 36.4 Å². The SMILES string of the molecule is Cc1ccc(-n2c(CCl)nc3ccc(Cl)cc32)cc1Cl. The van der Waals surface area contributed by atoms with Crippen molar-refractivity contribution in [3.63, 3.8) is 0 Å². The van der Waals surface area contributed by atoms with Crippen LogP contribution in [0.3, 0.4) is 0 Å². The summed E-state index contributed by atoms with van der Waals surface area (Å²) in [5.41, 5.74) is 3.75. The van der Waals surface area contributed by atoms with E-state index in [9.17, 15) is 0 Å². The van der Waals surface area contributed by atoms with Crippen molar-refractivity contribution in [3.8, 4) is 5.69 Å². The molecule has 0 saturated carbocycles. The highest BCUT2D eigenvalue weighted by Gasteiger charge is 2.12. The average Bonchev–Trinajstić information content (AvgIpc) is 2.79. The number of halogens is 3. The van der Waals surface area contributed by atoms with Gasteiger partial charge in [-0.15, -0.1) is 11.6 Å². The highest BCUT2D eigenvalue weighted by molar-refractivity contribution is 6.31. The van der Waals surface area contributed by atoms with Crippen molar-refractivity contribution in [1.29, 1.82) is 0 Å². The molecule has 0 saturated heterocycles. The molecule has 0 aliphatic carbocycles. The number of hydrogen-bond donors (Lipinski definition) is 0. The zero-order valence-corrected chi connectivity index (χ0v) is 13.0. The molecule has 0 radical (unpaired) electrons. The third-order valence-electron chi connectivity index (χ3n) is 3.22. The van der Waals surface area contributed by atoms with E-state index in [4.69, 9.17) is 34.8 Å². The van der Waals surface area contributed by atoms with Gasteiger partial charge in [-0.3, -0.25) is 4.57 Å². The molecule has 0 bridgehead atoms. The fourth-order valence-electron chi connectivity index (χ4n) is 2.20. The third kappa shape index (κ3) is 2.28. The molecular weight excluding hydrogens is 315 g/mol. The maximum Gasteiger partial charge on any atom is 0.129 e. The molecular formula is C15H11Cl3N2. The molecule has 0 atom stereocenters. The quantitative estimate of drug-likeness (QED) is 0.578. The first kappa shape index (κ1) is 13.7. The van der Waals surface area contributed by atoms with Gasteiger partial charge >= 0.3 is 0 Å². The van der Waals surface area contributed by atoms with E-state index in [1.165, 1.54) is 0 Å². The zero-order valence-electron chi connectivity index (χ0n) is 10.7. The number of hydrogen-bond acceptors (Lipinski definition) is 1. The highest BCUT2D eigenvalue weighted by Crippen LogP contribution is 2.27. The number of fused-ring (bicyclic) bond motifs is 1. The molecule has 1 aromatic heterocycles. The van der Waals surface area contributed by atoms with Gasteiger partial charge in [0.1, 0.15) is 5.82 Å². The monoisotopic (exact) mass is 324 g/mol. The average molecular weight is 326 g/mol. The molecule has 0 N–H and O–H groups in total. The molecule has 2 aromatic carbocycles. The van der Waals surface area contributed by atoms with Crippen LogP contribution in [0.5, 0.6) is 0 Å². The maximum atomic E-state index is 6.22. The Morgan fingerprint density at radius 3 is 2.60 bits per heavy atom. The van der Waals surface area contributed by atoms with E-state index in [2.05, 4.69) is 4.98 Å². The standard InChI is InChI=1S/C15H11Cl3N2/c1-9-2-4-11(7-12(9)18)20-14-6-10(17)3-5-13(14)19-15(20)8-16/h2-7H,8H2,1H3. The van der Waals surface area contributed by atoms with Crippen molar-refractivity contribution in [1.82, 2.24) is 9.55 Å². The van der Waals surface area contributed by atoms with Gasteiger partial charge in [0.05, 0.1) is 16.9 Å². The summed E-state index contributed by atoms with van der Waals surface area (Å²) >= 11 is 18.3. The van der Waals surface area contributed by atoms with Crippen LogP contribution in [0.25, 0.3) is 16.7 Å². The topological polar surface area (TPSA) is 17.8 Å². The fraction of sp³-hybridized carbons (Fsp3) is 0.133. The highest BCUT2D eigenvalue weighted by atomic mass is 35.5. The summed E-state index contributed by atoms with van der Waals surface area (Å²) in [6, 6.07) is 11.5. The lowest BCUT2D eigenvalue weighted by molar-refractivity contribution is 0.981. The molecule has 3 aromatic rings. The Balaban J connectivity index is 2.32. The molecule has 2 nitrogen and oxygen atoms in total. The Hall–Kier alpha value is -1.22. The molecule has 0 spiro atoms. The number of imidazole rings is 1. The van der Waals surface area contributed by atoms with E-state index in [1.54, 1.807) is 0 Å². The van der Waals surface area contributed by atoms with E-state index in [0.717, 1.165) is 28.1 Å². The Bertz CT molecular complexity index is 793. The van der Waals surface area contributed by atoms with Crippen molar-refractivity contribution in [2.45, 2.75) is 12.8 Å². The molecule has 20 heavy (non-hydrogen) atoms. The minimum absolute atomic E-state index is 0.317. The second-order valence-electron chi connectivity index (χ2n) is 4.56. The number of alkyl halides is 1. The summed E-state index contributed by atoms with van der Waals surface area (Å²) in [4.78, 5) is 4.53. The second kappa shape index (κ2) is 5.28. The van der Waals surface area contributed by atoms with E-state index in [-0.39, 0.29) is 0 Å². The van der Waals surface area contributed by atoms with Gasteiger partial charge in [0, 0.05) is 15.7 Å². The Kier molecular flexibility index (Phi) is 3.63. The first-order valence-corrected chi connectivity index (χ1v) is 7.38. The summed E-state index contributed by atoms with van der Waals surface area (Å²) < 4.78 is 1.99. The summed E-state index contributed by atoms with van der Waals surface area (Å²) in [7, 11) is 0. The molecule has 3 rings (SSSR count). The van der Waals surface area contributed by atoms with Crippen LogP contribution in [0.2, 0.25) is 10.0 Å². The molecule has 0 amide bonds. The van der Waals surface area contributed by atoms with Crippen LogP contribution in [-0.2, 0) is 5.88 Å². The molecule has 0 fully saturated rings. The fourth-order valence-corrected chi connectivity index (χ4v) is 2.72. The van der Waals surface area contributed by atoms with Gasteiger partial charge in [-0.2, -0.15) is 0 Å². The van der Waals surface area contributed by atoms with Gasteiger partial charge in [0.25, 0.3) is 0 Å². The predicted molar refractivity (Wildman–Crippen MR) is 85.4 cm³/mol. The summed E-state index contributed by atoms with van der Waals surface area (Å²) in [5, 5.41) is 1.38. The van der Waals surface area contributed by atoms with Crippen molar-refractivity contribution in [3.05, 3.63) is 57.8 Å². The molecule has 102 valence electrons. The lowest BCUT2D eigenvalue weighted by Crippen LogP contribution is -1.99. The predicted octanol–water partition coefficient (Wildman–Crippen LogP) is 5.38. The smallest absolute Gasteiger partial charge is 0.129 e. The van der Waals surface area contributed by atoms with Crippen molar-refractivity contribution in [2.75, 3.05) is 0 Å². The number of nitrogens with zero attached hydrogens (tertiary/aromatic N) is 2. The van der Waals surface area contributed by atoms with Crippen molar-refractivity contribution >= 4 is 45.8 Å². The normalized spacial score (nSPS) is 11.2. The maximum absolute atomic E-state index is 6.22. The lowest BCUT2D eigenvalue weighted by Gasteiger charge is -2.09. The summed E-state index contributed by atoms with van der Waals surface area (Å²) in [5.74, 6) is 1.08. The van der Waals surface area contributed by atoms with Gasteiger partial charge in [0.15, 0.2) is 0 Å². The zero-order chi connectivity index (χ0) is 14.3. The van der Waals surface area contributed by atoms with E-state index >= 15 is 0 Å². The second-order valence-corrected chi connectivity index (χ2v) is 5.67. The Morgan fingerprint density at radius 2 is 1.90 bits per heavy atom. The van der Waals surface area contributed by atoms with Crippen LogP contribution in [0, 0.1) is 6.92 Å². The van der Waals surface area contributed by atoms with Crippen molar-refractivity contribution < 1.29 is 0 Å². The largest absolute Gasteiger partial charge is 0.295 e. The van der Waals surface area contributed by atoms with Crippen molar-refractivity contribution in [2.24, 2.45) is 0 Å². The lowest BCUT2D eigenvalue weighted by atomic mass is 10.2. The number of rotatable bonds is 2. The first-order chi connectivity index (χ1) is 9.60. The number of benzene rings is 2. The molecule has 0 unspecified atom stereocenters. The van der Waals surface area contributed by atoms with Gasteiger partial charge in [-0.05, 0) is 42.8 Å². The van der Waals surface area contributed by atoms with Gasteiger partial charge < -0.3 is 0 Å². The number of aryl methyl sites for hydroxylation is 1. The van der Waals surface area contributed by atoms with E-state index in [1.807, 2.05) is 47.9 Å². The van der Waals surface area contributed by atoms with E-state index in [0.29, 0.717) is 15.9 Å². The Morgan fingerprint density at radius 1 is 1.10 bits per heavy atom.